The largest absolute Gasteiger partial charge is 0.454 e. The van der Waals surface area contributed by atoms with E-state index in [-0.39, 0.29) is 0 Å². The van der Waals surface area contributed by atoms with E-state index in [2.05, 4.69) is 197 Å². The smallest absolute Gasteiger partial charge is 0.238 e. The van der Waals surface area contributed by atoms with Crippen LogP contribution in [0.5, 0.6) is 0 Å². The first-order chi connectivity index (χ1) is 33.7. The first-order valence-electron chi connectivity index (χ1n) is 22.9. The fourth-order valence-corrected chi connectivity index (χ4v) is 12.0. The molecule has 0 aliphatic carbocycles. The molecule has 0 saturated heterocycles. The van der Waals surface area contributed by atoms with Crippen LogP contribution in [0.1, 0.15) is 0 Å². The summed E-state index contributed by atoms with van der Waals surface area (Å²) >= 11 is 1.79. The molecular weight excluding hydrogens is 851 g/mol. The lowest BCUT2D eigenvalue weighted by Crippen LogP contribution is -2.07. The number of nitrogens with zero attached hydrogens (tertiary/aromatic N) is 5. The summed E-state index contributed by atoms with van der Waals surface area (Å²) in [5.41, 5.74) is 10.9. The number of furan rings is 1. The summed E-state index contributed by atoms with van der Waals surface area (Å²) in [5, 5.41) is 11.3. The van der Waals surface area contributed by atoms with Crippen molar-refractivity contribution in [3.8, 4) is 45.5 Å². The van der Waals surface area contributed by atoms with Crippen molar-refractivity contribution in [2.75, 3.05) is 0 Å². The van der Waals surface area contributed by atoms with Crippen molar-refractivity contribution < 1.29 is 4.42 Å². The molecule has 5 heterocycles. The second-order valence-electron chi connectivity index (χ2n) is 17.5. The summed E-state index contributed by atoms with van der Waals surface area (Å²) in [5.74, 6) is 1.76. The minimum atomic E-state index is 0.541. The minimum absolute atomic E-state index is 0.541. The molecule has 0 amide bonds. The van der Waals surface area contributed by atoms with Crippen LogP contribution < -0.4 is 0 Å². The minimum Gasteiger partial charge on any atom is -0.454 e. The summed E-state index contributed by atoms with van der Waals surface area (Å²) < 4.78 is 14.1. The van der Waals surface area contributed by atoms with Gasteiger partial charge in [-0.2, -0.15) is 9.97 Å². The zero-order valence-electron chi connectivity index (χ0n) is 36.3. The van der Waals surface area contributed by atoms with Gasteiger partial charge in [0, 0.05) is 63.6 Å². The molecule has 0 saturated carbocycles. The van der Waals surface area contributed by atoms with Gasteiger partial charge in [0.1, 0.15) is 5.58 Å². The van der Waals surface area contributed by atoms with Gasteiger partial charge in [0.25, 0.3) is 0 Å². The van der Waals surface area contributed by atoms with Crippen molar-refractivity contribution in [3.63, 3.8) is 0 Å². The second-order valence-corrected chi connectivity index (χ2v) is 18.6. The van der Waals surface area contributed by atoms with Crippen LogP contribution in [-0.4, -0.2) is 24.1 Å². The van der Waals surface area contributed by atoms with Crippen LogP contribution in [0, 0.1) is 0 Å². The molecule has 0 unspecified atom stereocenters. The van der Waals surface area contributed by atoms with Crippen LogP contribution in [-0.2, 0) is 0 Å². The Morgan fingerprint density at radius 2 is 0.985 bits per heavy atom. The zero-order chi connectivity index (χ0) is 44.5. The van der Waals surface area contributed by atoms with Gasteiger partial charge >= 0.3 is 0 Å². The quantitative estimate of drug-likeness (QED) is 0.173. The molecular formula is C61H35N5OS. The van der Waals surface area contributed by atoms with Crippen LogP contribution in [0.4, 0.5) is 0 Å². The van der Waals surface area contributed by atoms with Gasteiger partial charge in [0.2, 0.25) is 5.95 Å². The van der Waals surface area contributed by atoms with Crippen LogP contribution in [0.3, 0.4) is 0 Å². The number of aromatic nitrogens is 5. The van der Waals surface area contributed by atoms with E-state index in [9.17, 15) is 0 Å². The van der Waals surface area contributed by atoms with Gasteiger partial charge in [-0.1, -0.05) is 170 Å². The lowest BCUT2D eigenvalue weighted by atomic mass is 9.96. The number of benzene rings is 10. The van der Waals surface area contributed by atoms with Gasteiger partial charge in [-0.15, -0.1) is 11.3 Å². The van der Waals surface area contributed by atoms with Gasteiger partial charge in [-0.05, 0) is 64.4 Å². The maximum Gasteiger partial charge on any atom is 0.238 e. The van der Waals surface area contributed by atoms with Crippen molar-refractivity contribution >= 4 is 108 Å². The predicted octanol–water partition coefficient (Wildman–Crippen LogP) is 16.5. The first-order valence-corrected chi connectivity index (χ1v) is 23.7. The molecule has 5 aromatic heterocycles. The molecule has 0 radical (unpaired) electrons. The van der Waals surface area contributed by atoms with Crippen LogP contribution >= 0.6 is 11.3 Å². The molecule has 68 heavy (non-hydrogen) atoms. The highest BCUT2D eigenvalue weighted by Gasteiger charge is 2.26. The van der Waals surface area contributed by atoms with E-state index in [4.69, 9.17) is 19.4 Å². The van der Waals surface area contributed by atoms with E-state index in [1.165, 1.54) is 25.6 Å². The van der Waals surface area contributed by atoms with Crippen molar-refractivity contribution in [2.45, 2.75) is 0 Å². The Labute approximate surface area is 392 Å². The third-order valence-electron chi connectivity index (χ3n) is 13.8. The number of thiophene rings is 1. The Kier molecular flexibility index (Phi) is 7.85. The molecule has 0 N–H and O–H groups in total. The predicted molar refractivity (Wildman–Crippen MR) is 282 cm³/mol. The summed E-state index contributed by atoms with van der Waals surface area (Å²) in [6.45, 7) is 0. The van der Waals surface area contributed by atoms with E-state index < -0.39 is 0 Å². The highest BCUT2D eigenvalue weighted by Crippen LogP contribution is 2.46. The van der Waals surface area contributed by atoms with E-state index in [1.807, 2.05) is 24.3 Å². The highest BCUT2D eigenvalue weighted by atomic mass is 32.1. The van der Waals surface area contributed by atoms with Crippen LogP contribution in [0.15, 0.2) is 217 Å². The van der Waals surface area contributed by atoms with Gasteiger partial charge < -0.3 is 8.98 Å². The molecule has 0 atom stereocenters. The first kappa shape index (κ1) is 37.3. The zero-order valence-corrected chi connectivity index (χ0v) is 37.1. The molecule has 0 spiro atoms. The summed E-state index contributed by atoms with van der Waals surface area (Å²) in [4.78, 5) is 16.3. The maximum absolute atomic E-state index is 7.00. The molecule has 7 heteroatoms. The molecule has 0 aliphatic rings. The Balaban J connectivity index is 1.10. The summed E-state index contributed by atoms with van der Waals surface area (Å²) in [7, 11) is 0. The highest BCUT2D eigenvalue weighted by molar-refractivity contribution is 7.25. The monoisotopic (exact) mass is 885 g/mol. The Hall–Kier alpha value is -8.91. The summed E-state index contributed by atoms with van der Waals surface area (Å²) in [6.07, 6.45) is 0. The van der Waals surface area contributed by atoms with Gasteiger partial charge in [0.05, 0.1) is 27.8 Å². The van der Waals surface area contributed by atoms with Gasteiger partial charge in [0.15, 0.2) is 17.2 Å². The molecule has 0 bridgehead atoms. The number of para-hydroxylation sites is 3. The van der Waals surface area contributed by atoms with Gasteiger partial charge in [-0.25, -0.2) is 4.98 Å². The molecule has 0 fully saturated rings. The third-order valence-corrected chi connectivity index (χ3v) is 14.9. The van der Waals surface area contributed by atoms with Gasteiger partial charge in [-0.3, -0.25) is 4.57 Å². The molecule has 10 aromatic carbocycles. The van der Waals surface area contributed by atoms with Crippen molar-refractivity contribution in [1.29, 1.82) is 0 Å². The van der Waals surface area contributed by atoms with E-state index in [0.29, 0.717) is 17.6 Å². The van der Waals surface area contributed by atoms with Crippen LogP contribution in [0.25, 0.3) is 142 Å². The van der Waals surface area contributed by atoms with Crippen LogP contribution in [0.2, 0.25) is 0 Å². The third kappa shape index (κ3) is 5.36. The normalized spacial score (nSPS) is 12.1. The Morgan fingerprint density at radius 1 is 0.382 bits per heavy atom. The SMILES string of the molecule is c1ccc(-c2nc(-c3cccc4sc5ccccc5c34)nc(-n3c4ccccc4c4ccc5c6ccccc6n(-c6cc(-c7cccc8ccccc78)cc7c6oc6ccccc67)c5c43)n2)cc1. The molecule has 15 aromatic rings. The fourth-order valence-electron chi connectivity index (χ4n) is 10.8. The molecule has 15 rings (SSSR count). The Bertz CT molecular complexity index is 4570. The fraction of sp³-hybridized carbons (Fsp3) is 0. The summed E-state index contributed by atoms with van der Waals surface area (Å²) in [6, 6.07) is 75.5. The number of rotatable bonds is 5. The van der Waals surface area contributed by atoms with Crippen molar-refractivity contribution in [1.82, 2.24) is 24.1 Å². The van der Waals surface area contributed by atoms with Crippen molar-refractivity contribution in [3.05, 3.63) is 212 Å². The number of hydrogen-bond acceptors (Lipinski definition) is 5. The standard InChI is InChI=1S/C61H35N5OS/c1-2-17-37(18-3-1)59-62-60(47-26-15-31-54-55(47)46-24-9-13-30-53(46)68-54)64-61(63-59)66-50-28-11-7-22-42(50)45-33-32-44-41-21-6-10-27-49(41)65(56(44)57(45)66)51-35-38(40-25-14-19-36-16-4-5-20-39(36)40)34-48-43-23-8-12-29-52(43)67-58(48)51/h1-35H. The lowest BCUT2D eigenvalue weighted by molar-refractivity contribution is 0.666. The topological polar surface area (TPSA) is 61.7 Å². The van der Waals surface area contributed by atoms with E-state index in [1.54, 1.807) is 11.3 Å². The number of hydrogen-bond donors (Lipinski definition) is 0. The van der Waals surface area contributed by atoms with E-state index in [0.717, 1.165) is 98.9 Å². The molecule has 6 nitrogen and oxygen atoms in total. The molecule has 0 aliphatic heterocycles. The average Bonchev–Trinajstić information content (AvgIpc) is 4.16. The van der Waals surface area contributed by atoms with E-state index >= 15 is 0 Å². The lowest BCUT2D eigenvalue weighted by Gasteiger charge is -2.15. The maximum atomic E-state index is 7.00. The Morgan fingerprint density at radius 3 is 1.81 bits per heavy atom. The van der Waals surface area contributed by atoms with Crippen molar-refractivity contribution in [2.24, 2.45) is 0 Å². The average molecular weight is 886 g/mol. The molecule has 316 valence electrons. The number of fused-ring (bicyclic) bond motifs is 14. The second kappa shape index (κ2) is 14.3.